The van der Waals surface area contributed by atoms with Crippen LogP contribution >= 0.6 is 0 Å². The van der Waals surface area contributed by atoms with Crippen molar-refractivity contribution in [2.75, 3.05) is 6.54 Å². The summed E-state index contributed by atoms with van der Waals surface area (Å²) in [6.45, 7) is 26.5. The molecule has 0 aliphatic heterocycles. The van der Waals surface area contributed by atoms with E-state index in [9.17, 15) is 0 Å². The SMILES string of the molecule is [C-]#[N+]CC.[C]=O.[C]=O.[C]=O.[C]=O.[Fe]. The van der Waals surface area contributed by atoms with Gasteiger partial charge in [-0.3, -0.25) is 19.2 Å². The Labute approximate surface area is 88.8 Å². The summed E-state index contributed by atoms with van der Waals surface area (Å²) in [5, 5.41) is 0. The monoisotopic (exact) mass is 223 g/mol. The Balaban J connectivity index is -0.0000000122. The van der Waals surface area contributed by atoms with E-state index < -0.39 is 0 Å². The first-order valence-corrected chi connectivity index (χ1v) is 2.06. The largest absolute Gasteiger partial charge is 0.317 e. The molecular weight excluding hydrogens is 218 g/mol. The Kier molecular flexibility index (Phi) is 6700. The maximum Gasteiger partial charge on any atom is 0.281 e. The van der Waals surface area contributed by atoms with Crippen LogP contribution < -0.4 is 0 Å². The molecule has 6 heteroatoms. The van der Waals surface area contributed by atoms with E-state index >= 15 is 0 Å². The fraction of sp³-hybridized carbons (Fsp3) is 0.286. The molecule has 0 fully saturated rings. The summed E-state index contributed by atoms with van der Waals surface area (Å²) in [5.74, 6) is 0. The molecule has 13 heavy (non-hydrogen) atoms. The van der Waals surface area contributed by atoms with Crippen LogP contribution in [0.4, 0.5) is 0 Å². The van der Waals surface area contributed by atoms with E-state index in [1.165, 1.54) is 0 Å². The Morgan fingerprint density at radius 1 is 0.923 bits per heavy atom. The van der Waals surface area contributed by atoms with Crippen molar-refractivity contribution in [1.82, 2.24) is 0 Å². The van der Waals surface area contributed by atoms with Crippen molar-refractivity contribution in [2.24, 2.45) is 0 Å². The van der Waals surface area contributed by atoms with Crippen molar-refractivity contribution < 1.29 is 36.2 Å². The molecule has 70 valence electrons. The van der Waals surface area contributed by atoms with E-state index in [2.05, 4.69) is 32.0 Å². The van der Waals surface area contributed by atoms with E-state index in [1.54, 1.807) is 0 Å². The summed E-state index contributed by atoms with van der Waals surface area (Å²) in [6.07, 6.45) is 0. The predicted octanol–water partition coefficient (Wildman–Crippen LogP) is -0.665. The second kappa shape index (κ2) is 2110. The first-order valence-electron chi connectivity index (χ1n) is 2.06. The zero-order valence-electron chi connectivity index (χ0n) is 6.64. The molecule has 0 N–H and O–H groups in total. The zero-order valence-corrected chi connectivity index (χ0v) is 7.75. The third kappa shape index (κ3) is 8370. The Morgan fingerprint density at radius 3 is 1.00 bits per heavy atom. The Morgan fingerprint density at radius 2 is 1.00 bits per heavy atom. The summed E-state index contributed by atoms with van der Waals surface area (Å²) in [6, 6.07) is 0. The van der Waals surface area contributed by atoms with Gasteiger partial charge < -0.3 is 4.85 Å². The van der Waals surface area contributed by atoms with Gasteiger partial charge in [0, 0.05) is 24.0 Å². The molecule has 0 spiro atoms. The van der Waals surface area contributed by atoms with Crippen molar-refractivity contribution >= 4 is 27.2 Å². The van der Waals surface area contributed by atoms with E-state index in [0.717, 1.165) is 0 Å². The van der Waals surface area contributed by atoms with Crippen molar-refractivity contribution in [3.05, 3.63) is 11.4 Å². The number of rotatable bonds is 0. The second-order valence-electron chi connectivity index (χ2n) is 0.474. The van der Waals surface area contributed by atoms with Gasteiger partial charge in [0.2, 0.25) is 6.54 Å². The summed E-state index contributed by atoms with van der Waals surface area (Å²) in [7, 11) is 0. The topological polar surface area (TPSA) is 72.6 Å². The molecule has 8 radical (unpaired) electrons. The molecule has 0 unspecified atom stereocenters. The smallest absolute Gasteiger partial charge is 0.281 e. The van der Waals surface area contributed by atoms with Gasteiger partial charge in [-0.15, -0.1) is 0 Å². The number of hydrogen-bond acceptors (Lipinski definition) is 4. The fourth-order valence-electron chi connectivity index (χ4n) is 0. The average molecular weight is 223 g/mol. The molecule has 0 amide bonds. The van der Waals surface area contributed by atoms with Crippen LogP contribution in [0.5, 0.6) is 0 Å². The van der Waals surface area contributed by atoms with Crippen LogP contribution in [0.15, 0.2) is 0 Å². The summed E-state index contributed by atoms with van der Waals surface area (Å²) < 4.78 is 0. The first kappa shape index (κ1) is 41.3. The van der Waals surface area contributed by atoms with E-state index in [0.29, 0.717) is 6.54 Å². The zero-order chi connectivity index (χ0) is 11.4. The van der Waals surface area contributed by atoms with Gasteiger partial charge in [0.1, 0.15) is 0 Å². The van der Waals surface area contributed by atoms with Gasteiger partial charge in [-0.2, -0.15) is 0 Å². The molecule has 0 saturated heterocycles. The van der Waals surface area contributed by atoms with Crippen LogP contribution in [0.2, 0.25) is 0 Å². The fourth-order valence-corrected chi connectivity index (χ4v) is 0. The van der Waals surface area contributed by atoms with Crippen LogP contribution in [-0.2, 0) is 36.2 Å². The van der Waals surface area contributed by atoms with Crippen molar-refractivity contribution in [2.45, 2.75) is 6.92 Å². The molecule has 0 aromatic rings. The summed E-state index contributed by atoms with van der Waals surface area (Å²) >= 11 is 0. The van der Waals surface area contributed by atoms with Crippen LogP contribution in [0.25, 0.3) is 4.85 Å². The molecule has 0 rings (SSSR count). The second-order valence-corrected chi connectivity index (χ2v) is 0.474. The van der Waals surface area contributed by atoms with Crippen LogP contribution in [0, 0.1) is 6.57 Å². The van der Waals surface area contributed by atoms with Crippen molar-refractivity contribution in [3.63, 3.8) is 0 Å². The maximum absolute atomic E-state index is 7.50. The third-order valence-electron chi connectivity index (χ3n) is 0.158. The third-order valence-corrected chi connectivity index (χ3v) is 0.158. The minimum Gasteiger partial charge on any atom is -0.317 e. The van der Waals surface area contributed by atoms with Gasteiger partial charge in [-0.1, -0.05) is 0 Å². The van der Waals surface area contributed by atoms with Crippen molar-refractivity contribution in [1.29, 1.82) is 0 Å². The van der Waals surface area contributed by atoms with E-state index in [1.807, 2.05) is 6.92 Å². The van der Waals surface area contributed by atoms with Crippen LogP contribution in [-0.4, -0.2) is 33.7 Å². The first-order chi connectivity index (χ1) is 5.91. The Bertz CT molecular complexity index is 79.1. The Hall–Kier alpha value is -1.31. The molecule has 0 aromatic heterocycles. The normalized spacial score (nSPS) is 2.77. The number of hydrogen-bond donors (Lipinski definition) is 0. The molecule has 0 atom stereocenters. The molecule has 0 aromatic carbocycles. The quantitative estimate of drug-likeness (QED) is 0.403. The van der Waals surface area contributed by atoms with Gasteiger partial charge in [0.25, 0.3) is 27.2 Å². The summed E-state index contributed by atoms with van der Waals surface area (Å²) in [5.41, 5.74) is 0. The molecule has 0 aliphatic rings. The van der Waals surface area contributed by atoms with Gasteiger partial charge in [0.05, 0.1) is 0 Å². The molecular formula is C7H5FeNO4. The van der Waals surface area contributed by atoms with Crippen LogP contribution in [0.3, 0.4) is 0 Å². The number of carbonyl (C=O) groups excluding carboxylic acids is 4. The molecule has 5 nitrogen and oxygen atoms in total. The van der Waals surface area contributed by atoms with Gasteiger partial charge in [0.15, 0.2) is 0 Å². The van der Waals surface area contributed by atoms with Gasteiger partial charge >= 0.3 is 0 Å². The van der Waals surface area contributed by atoms with Crippen molar-refractivity contribution in [3.8, 4) is 0 Å². The standard InChI is InChI=1S/C3H5N.4CO.Fe/c1-3-4-2;4*1-2;/h3H2,1H3;;;;;. The average Bonchev–Trinajstić information content (AvgIpc) is 2.29. The summed E-state index contributed by atoms with van der Waals surface area (Å²) in [4.78, 5) is 33.0. The van der Waals surface area contributed by atoms with Crippen LogP contribution in [0.1, 0.15) is 6.92 Å². The van der Waals surface area contributed by atoms with E-state index in [-0.39, 0.29) is 17.1 Å². The number of nitrogens with zero attached hydrogens (tertiary/aromatic N) is 1. The van der Waals surface area contributed by atoms with E-state index in [4.69, 9.17) is 25.8 Å². The minimum atomic E-state index is 0. The minimum absolute atomic E-state index is 0. The van der Waals surface area contributed by atoms with Gasteiger partial charge in [-0.25, -0.2) is 6.57 Å². The molecule has 0 aliphatic carbocycles. The molecule has 0 saturated carbocycles. The predicted molar refractivity (Wildman–Crippen MR) is 39.9 cm³/mol. The maximum atomic E-state index is 7.50. The molecule has 0 heterocycles. The molecule has 0 bridgehead atoms. The van der Waals surface area contributed by atoms with Gasteiger partial charge in [-0.05, 0) is 0 Å².